The lowest BCUT2D eigenvalue weighted by Crippen LogP contribution is -2.52. The summed E-state index contributed by atoms with van der Waals surface area (Å²) < 4.78 is 0. The maximum Gasteiger partial charge on any atom is 0.239 e. The summed E-state index contributed by atoms with van der Waals surface area (Å²) >= 11 is 0. The molecule has 0 heterocycles. The third-order valence-electron chi connectivity index (χ3n) is 6.64. The van der Waals surface area contributed by atoms with E-state index >= 15 is 0 Å². The average molecular weight is 481 g/mol. The van der Waals surface area contributed by atoms with Gasteiger partial charge in [-0.2, -0.15) is 0 Å². The van der Waals surface area contributed by atoms with Gasteiger partial charge in [-0.15, -0.1) is 0 Å². The Morgan fingerprint density at radius 2 is 1.53 bits per heavy atom. The molecule has 1 aliphatic rings. The van der Waals surface area contributed by atoms with Gasteiger partial charge < -0.3 is 21.6 Å². The molecular formula is C28H32BN5O2. The molecule has 0 spiro atoms. The molecule has 0 unspecified atom stereocenters. The Hall–Kier alpha value is -3.91. The molecular weight excluding hydrogens is 449 g/mol. The number of rotatable bonds is 11. The molecule has 1 atom stereocenters. The Bertz CT molecular complexity index is 1180. The molecule has 6 N–H and O–H groups in total. The van der Waals surface area contributed by atoms with E-state index in [1.165, 1.54) is 16.7 Å². The van der Waals surface area contributed by atoms with E-state index in [1.54, 1.807) is 12.1 Å². The molecule has 0 aromatic heterocycles. The van der Waals surface area contributed by atoms with Gasteiger partial charge in [-0.25, -0.2) is 0 Å². The van der Waals surface area contributed by atoms with Crippen LogP contribution in [0.15, 0.2) is 78.9 Å². The minimum Gasteiger partial charge on any atom is -0.384 e. The van der Waals surface area contributed by atoms with Crippen molar-refractivity contribution in [2.75, 3.05) is 6.54 Å². The lowest BCUT2D eigenvalue weighted by atomic mass is 9.81. The number of nitrogens with two attached hydrogens (primary N) is 1. The molecule has 8 heteroatoms. The monoisotopic (exact) mass is 481 g/mol. The highest BCUT2D eigenvalue weighted by molar-refractivity contribution is 6.32. The van der Waals surface area contributed by atoms with E-state index in [1.807, 2.05) is 42.5 Å². The summed E-state index contributed by atoms with van der Waals surface area (Å²) in [5.41, 5.74) is 10.8. The SMILES string of the molecule is N=C(N)c1ccc(CNC(=O)CNC(=O)[C@H](NBCc2ccccc2)C2Cc3ccccc3C2)cc1. The minimum atomic E-state index is -0.381. The van der Waals surface area contributed by atoms with Gasteiger partial charge in [0.15, 0.2) is 0 Å². The summed E-state index contributed by atoms with van der Waals surface area (Å²) in [6, 6.07) is 25.3. The number of hydrogen-bond acceptors (Lipinski definition) is 4. The molecule has 7 nitrogen and oxygen atoms in total. The number of amides is 2. The van der Waals surface area contributed by atoms with Crippen molar-refractivity contribution in [2.24, 2.45) is 11.7 Å². The van der Waals surface area contributed by atoms with Crippen molar-refractivity contribution < 1.29 is 9.59 Å². The number of carbonyl (C=O) groups excluding carboxylic acids is 2. The van der Waals surface area contributed by atoms with Crippen LogP contribution in [0.3, 0.4) is 0 Å². The van der Waals surface area contributed by atoms with Crippen LogP contribution in [-0.4, -0.2) is 37.7 Å². The molecule has 0 fully saturated rings. The average Bonchev–Trinajstić information content (AvgIpc) is 3.33. The molecule has 1 aliphatic carbocycles. The van der Waals surface area contributed by atoms with Crippen molar-refractivity contribution in [3.05, 3.63) is 107 Å². The highest BCUT2D eigenvalue weighted by atomic mass is 16.2. The zero-order valence-electron chi connectivity index (χ0n) is 20.3. The van der Waals surface area contributed by atoms with Crippen LogP contribution in [-0.2, 0) is 35.3 Å². The van der Waals surface area contributed by atoms with Gasteiger partial charge in [-0.05, 0) is 41.8 Å². The number of amidine groups is 1. The van der Waals surface area contributed by atoms with Gasteiger partial charge in [-0.3, -0.25) is 15.0 Å². The Labute approximate surface area is 212 Å². The first-order chi connectivity index (χ1) is 17.5. The number of carbonyl (C=O) groups is 2. The molecule has 2 amide bonds. The fourth-order valence-corrected chi connectivity index (χ4v) is 4.66. The van der Waals surface area contributed by atoms with Crippen LogP contribution in [0.25, 0.3) is 0 Å². The van der Waals surface area contributed by atoms with Gasteiger partial charge >= 0.3 is 0 Å². The highest BCUT2D eigenvalue weighted by Crippen LogP contribution is 2.28. The van der Waals surface area contributed by atoms with E-state index in [0.717, 1.165) is 24.7 Å². The number of nitrogen functional groups attached to an aromatic ring is 1. The first-order valence-electron chi connectivity index (χ1n) is 12.3. The van der Waals surface area contributed by atoms with E-state index in [9.17, 15) is 9.59 Å². The first kappa shape index (κ1) is 25.2. The van der Waals surface area contributed by atoms with Gasteiger partial charge in [0.1, 0.15) is 5.84 Å². The molecule has 0 saturated carbocycles. The molecule has 4 rings (SSSR count). The van der Waals surface area contributed by atoms with Crippen LogP contribution in [0.2, 0.25) is 0 Å². The van der Waals surface area contributed by atoms with Gasteiger partial charge in [-0.1, -0.05) is 84.4 Å². The molecule has 0 aliphatic heterocycles. The summed E-state index contributed by atoms with van der Waals surface area (Å²) in [5.74, 6) is -0.259. The Morgan fingerprint density at radius 3 is 2.17 bits per heavy atom. The van der Waals surface area contributed by atoms with Gasteiger partial charge in [0.05, 0.1) is 12.6 Å². The van der Waals surface area contributed by atoms with Crippen LogP contribution < -0.4 is 21.6 Å². The topological polar surface area (TPSA) is 120 Å². The molecule has 3 aromatic carbocycles. The van der Waals surface area contributed by atoms with E-state index in [4.69, 9.17) is 11.1 Å². The lowest BCUT2D eigenvalue weighted by molar-refractivity contribution is -0.127. The van der Waals surface area contributed by atoms with E-state index in [0.29, 0.717) is 19.5 Å². The maximum absolute atomic E-state index is 13.2. The zero-order chi connectivity index (χ0) is 25.3. The lowest BCUT2D eigenvalue weighted by Gasteiger charge is -2.24. The third kappa shape index (κ3) is 6.83. The Balaban J connectivity index is 1.31. The van der Waals surface area contributed by atoms with Crippen LogP contribution in [0, 0.1) is 11.3 Å². The quantitative estimate of drug-likeness (QED) is 0.162. The predicted octanol–water partition coefficient (Wildman–Crippen LogP) is 1.63. The standard InChI is InChI=1S/C28H32BN5O2/c30-27(31)21-12-10-20(11-13-21)17-32-25(35)18-33-28(36)26(34-29-16-19-6-2-1-3-7-19)24-14-22-8-4-5-9-23(22)15-24/h1-13,24,26,29,34H,14-18H2,(H3,30,31)(H,32,35)(H,33,36)/t26-/m1/s1. The molecule has 0 bridgehead atoms. The van der Waals surface area contributed by atoms with Crippen molar-refractivity contribution in [1.29, 1.82) is 5.41 Å². The molecule has 0 radical (unpaired) electrons. The second kappa shape index (κ2) is 12.2. The largest absolute Gasteiger partial charge is 0.384 e. The normalized spacial score (nSPS) is 13.4. The predicted molar refractivity (Wildman–Crippen MR) is 144 cm³/mol. The fourth-order valence-electron chi connectivity index (χ4n) is 4.66. The van der Waals surface area contributed by atoms with Crippen LogP contribution in [0.1, 0.15) is 27.8 Å². The van der Waals surface area contributed by atoms with Crippen LogP contribution in [0.4, 0.5) is 0 Å². The van der Waals surface area contributed by atoms with Gasteiger partial charge in [0.2, 0.25) is 19.2 Å². The van der Waals surface area contributed by atoms with E-state index in [2.05, 4.69) is 40.1 Å². The molecule has 36 heavy (non-hydrogen) atoms. The zero-order valence-corrected chi connectivity index (χ0v) is 20.3. The third-order valence-corrected chi connectivity index (χ3v) is 6.64. The smallest absolute Gasteiger partial charge is 0.239 e. The maximum atomic E-state index is 13.2. The summed E-state index contributed by atoms with van der Waals surface area (Å²) in [4.78, 5) is 25.6. The van der Waals surface area contributed by atoms with Crippen molar-refractivity contribution in [3.8, 4) is 0 Å². The summed E-state index contributed by atoms with van der Waals surface area (Å²) in [6.07, 6.45) is 2.51. The van der Waals surface area contributed by atoms with Crippen LogP contribution in [0.5, 0.6) is 0 Å². The summed E-state index contributed by atoms with van der Waals surface area (Å²) in [7, 11) is 0.678. The summed E-state index contributed by atoms with van der Waals surface area (Å²) in [5, 5.41) is 16.6. The Kier molecular flexibility index (Phi) is 8.52. The second-order valence-corrected chi connectivity index (χ2v) is 9.21. The molecule has 3 aromatic rings. The van der Waals surface area contributed by atoms with Crippen molar-refractivity contribution in [1.82, 2.24) is 15.9 Å². The fraction of sp³-hybridized carbons (Fsp3) is 0.250. The number of fused-ring (bicyclic) bond motifs is 1. The minimum absolute atomic E-state index is 0.00517. The number of nitrogens with one attached hydrogen (secondary N) is 4. The van der Waals surface area contributed by atoms with Crippen molar-refractivity contribution >= 4 is 25.1 Å². The number of hydrogen-bond donors (Lipinski definition) is 5. The summed E-state index contributed by atoms with van der Waals surface area (Å²) in [6.45, 7) is 0.254. The van der Waals surface area contributed by atoms with Gasteiger partial charge in [0, 0.05) is 12.1 Å². The molecule has 184 valence electrons. The van der Waals surface area contributed by atoms with Crippen LogP contribution >= 0.6 is 0 Å². The first-order valence-corrected chi connectivity index (χ1v) is 12.3. The van der Waals surface area contributed by atoms with Crippen molar-refractivity contribution in [3.63, 3.8) is 0 Å². The van der Waals surface area contributed by atoms with Crippen molar-refractivity contribution in [2.45, 2.75) is 31.7 Å². The van der Waals surface area contributed by atoms with E-state index in [-0.39, 0.29) is 36.2 Å². The Morgan fingerprint density at radius 1 is 0.889 bits per heavy atom. The number of benzene rings is 3. The van der Waals surface area contributed by atoms with Gasteiger partial charge in [0.25, 0.3) is 0 Å². The van der Waals surface area contributed by atoms with E-state index < -0.39 is 0 Å². The molecule has 0 saturated heterocycles. The second-order valence-electron chi connectivity index (χ2n) is 9.21. The highest BCUT2D eigenvalue weighted by Gasteiger charge is 2.32.